The van der Waals surface area contributed by atoms with E-state index >= 15 is 0 Å². The van der Waals surface area contributed by atoms with Gasteiger partial charge in [-0.15, -0.1) is 0 Å². The molecule has 0 radical (unpaired) electrons. The largest absolute Gasteiger partial charge is 0.303 e. The summed E-state index contributed by atoms with van der Waals surface area (Å²) in [7, 11) is -3.96. The van der Waals surface area contributed by atoms with Gasteiger partial charge in [0, 0.05) is 22.4 Å². The number of aromatic nitrogens is 1. The number of benzene rings is 3. The second kappa shape index (κ2) is 9.61. The lowest BCUT2D eigenvalue weighted by atomic mass is 9.83. The molecular formula is C26H24N2O5S. The van der Waals surface area contributed by atoms with Gasteiger partial charge >= 0.3 is 0 Å². The molecule has 4 aromatic rings. The summed E-state index contributed by atoms with van der Waals surface area (Å²) in [5, 5.41) is 12.2. The quantitative estimate of drug-likeness (QED) is 0.200. The first-order valence-electron chi connectivity index (χ1n) is 10.8. The molecule has 174 valence electrons. The molecule has 0 saturated carbocycles. The van der Waals surface area contributed by atoms with Crippen molar-refractivity contribution in [1.29, 1.82) is 0 Å². The Morgan fingerprint density at radius 1 is 0.971 bits per heavy atom. The molecule has 2 atom stereocenters. The number of nitrogens with zero attached hydrogens (tertiary/aromatic N) is 2. The van der Waals surface area contributed by atoms with Crippen LogP contribution in [0.5, 0.6) is 0 Å². The fourth-order valence-electron chi connectivity index (χ4n) is 4.29. The fraction of sp³-hybridized carbons (Fsp3) is 0.192. The van der Waals surface area contributed by atoms with Gasteiger partial charge in [0.2, 0.25) is 6.54 Å². The molecule has 3 aromatic carbocycles. The van der Waals surface area contributed by atoms with Crippen LogP contribution in [0.1, 0.15) is 22.6 Å². The van der Waals surface area contributed by atoms with Crippen LogP contribution in [-0.2, 0) is 21.2 Å². The van der Waals surface area contributed by atoms with Crippen LogP contribution in [-0.4, -0.2) is 30.1 Å². The predicted molar refractivity (Wildman–Crippen MR) is 130 cm³/mol. The Kier molecular flexibility index (Phi) is 6.61. The summed E-state index contributed by atoms with van der Waals surface area (Å²) in [5.74, 6) is -1.50. The number of rotatable bonds is 9. The standard InChI is InChI=1S/C26H24N2O5S/c1-19-11-13-22(14-12-19)34(32,33)27-16-25(23-9-5-6-10-26(23)27)24(17-28(30)31)21(18-29)15-20-7-3-2-4-8-20/h2-14,16,18,21,24H,15,17H2,1H3/t21-,24-/m1/s1. The Morgan fingerprint density at radius 2 is 1.62 bits per heavy atom. The molecule has 0 fully saturated rings. The van der Waals surface area contributed by atoms with Gasteiger partial charge in [0.25, 0.3) is 10.0 Å². The smallest absolute Gasteiger partial charge is 0.268 e. The zero-order chi connectivity index (χ0) is 24.3. The second-order valence-electron chi connectivity index (χ2n) is 8.33. The summed E-state index contributed by atoms with van der Waals surface area (Å²) in [6.45, 7) is 1.38. The molecule has 0 unspecified atom stereocenters. The second-order valence-corrected chi connectivity index (χ2v) is 10.1. The molecule has 4 rings (SSSR count). The van der Waals surface area contributed by atoms with Crippen molar-refractivity contribution in [2.24, 2.45) is 5.92 Å². The number of carbonyl (C=O) groups is 1. The van der Waals surface area contributed by atoms with Crippen LogP contribution in [0.2, 0.25) is 0 Å². The van der Waals surface area contributed by atoms with Crippen molar-refractivity contribution in [2.75, 3.05) is 6.54 Å². The lowest BCUT2D eigenvalue weighted by Gasteiger charge is -2.19. The van der Waals surface area contributed by atoms with E-state index in [0.29, 0.717) is 22.9 Å². The maximum atomic E-state index is 13.5. The highest BCUT2D eigenvalue weighted by Gasteiger charge is 2.32. The highest BCUT2D eigenvalue weighted by molar-refractivity contribution is 7.90. The minimum atomic E-state index is -3.96. The van der Waals surface area contributed by atoms with Crippen LogP contribution in [0.15, 0.2) is 90.0 Å². The first-order chi connectivity index (χ1) is 16.3. The van der Waals surface area contributed by atoms with Gasteiger partial charge in [-0.1, -0.05) is 66.2 Å². The van der Waals surface area contributed by atoms with E-state index in [2.05, 4.69) is 0 Å². The minimum absolute atomic E-state index is 0.118. The third-order valence-corrected chi connectivity index (χ3v) is 7.73. The lowest BCUT2D eigenvalue weighted by Crippen LogP contribution is -2.24. The number of hydrogen-bond acceptors (Lipinski definition) is 5. The van der Waals surface area contributed by atoms with E-state index in [4.69, 9.17) is 0 Å². The Labute approximate surface area is 197 Å². The molecule has 0 N–H and O–H groups in total. The number of nitro groups is 1. The van der Waals surface area contributed by atoms with Gasteiger partial charge in [0.1, 0.15) is 6.29 Å². The van der Waals surface area contributed by atoms with Crippen molar-refractivity contribution in [3.05, 3.63) is 112 Å². The van der Waals surface area contributed by atoms with Crippen molar-refractivity contribution in [3.63, 3.8) is 0 Å². The van der Waals surface area contributed by atoms with E-state index in [1.54, 1.807) is 36.4 Å². The maximum Gasteiger partial charge on any atom is 0.268 e. The van der Waals surface area contributed by atoms with Gasteiger partial charge in [-0.2, -0.15) is 0 Å². The number of fused-ring (bicyclic) bond motifs is 1. The summed E-state index contributed by atoms with van der Waals surface area (Å²) >= 11 is 0. The predicted octanol–water partition coefficient (Wildman–Crippen LogP) is 4.60. The van der Waals surface area contributed by atoms with Gasteiger partial charge in [0.05, 0.1) is 16.3 Å². The highest BCUT2D eigenvalue weighted by Crippen LogP contribution is 2.35. The zero-order valence-corrected chi connectivity index (χ0v) is 19.4. The summed E-state index contributed by atoms with van der Waals surface area (Å²) < 4.78 is 28.2. The van der Waals surface area contributed by atoms with E-state index in [1.165, 1.54) is 22.3 Å². The van der Waals surface area contributed by atoms with Gasteiger partial charge in [-0.05, 0) is 42.7 Å². The van der Waals surface area contributed by atoms with Crippen LogP contribution >= 0.6 is 0 Å². The number of hydrogen-bond donors (Lipinski definition) is 0. The molecule has 1 heterocycles. The fourth-order valence-corrected chi connectivity index (χ4v) is 5.67. The molecular weight excluding hydrogens is 452 g/mol. The van der Waals surface area contributed by atoms with Crippen molar-refractivity contribution in [1.82, 2.24) is 3.97 Å². The number of aryl methyl sites for hydroxylation is 1. The van der Waals surface area contributed by atoms with Crippen LogP contribution in [0.3, 0.4) is 0 Å². The first kappa shape index (κ1) is 23.4. The monoisotopic (exact) mass is 476 g/mol. The first-order valence-corrected chi connectivity index (χ1v) is 12.3. The van der Waals surface area contributed by atoms with E-state index in [-0.39, 0.29) is 4.90 Å². The Hall–Kier alpha value is -3.78. The maximum absolute atomic E-state index is 13.5. The highest BCUT2D eigenvalue weighted by atomic mass is 32.2. The van der Waals surface area contributed by atoms with Gasteiger partial charge in [-0.3, -0.25) is 10.1 Å². The van der Waals surface area contributed by atoms with E-state index in [0.717, 1.165) is 17.4 Å². The molecule has 0 aliphatic carbocycles. The summed E-state index contributed by atoms with van der Waals surface area (Å²) in [5.41, 5.74) is 2.69. The van der Waals surface area contributed by atoms with Gasteiger partial charge in [-0.25, -0.2) is 12.4 Å². The summed E-state index contributed by atoms with van der Waals surface area (Å²) in [4.78, 5) is 23.4. The third-order valence-electron chi connectivity index (χ3n) is 6.04. The third kappa shape index (κ3) is 4.63. The molecule has 7 nitrogen and oxygen atoms in total. The van der Waals surface area contributed by atoms with Crippen LogP contribution < -0.4 is 0 Å². The number of para-hydroxylation sites is 1. The van der Waals surface area contributed by atoms with Crippen LogP contribution in [0.25, 0.3) is 10.9 Å². The molecule has 34 heavy (non-hydrogen) atoms. The Bertz CT molecular complexity index is 1430. The van der Waals surface area contributed by atoms with E-state index in [1.807, 2.05) is 37.3 Å². The Balaban J connectivity index is 1.86. The molecule has 0 amide bonds. The zero-order valence-electron chi connectivity index (χ0n) is 18.6. The molecule has 0 bridgehead atoms. The van der Waals surface area contributed by atoms with Gasteiger partial charge in [0.15, 0.2) is 0 Å². The average Bonchev–Trinajstić information content (AvgIpc) is 3.22. The molecule has 1 aromatic heterocycles. The number of aldehydes is 1. The van der Waals surface area contributed by atoms with E-state index in [9.17, 15) is 23.3 Å². The Morgan fingerprint density at radius 3 is 2.26 bits per heavy atom. The average molecular weight is 477 g/mol. The molecule has 0 aliphatic rings. The number of carbonyl (C=O) groups excluding carboxylic acids is 1. The van der Waals surface area contributed by atoms with Crippen molar-refractivity contribution in [3.8, 4) is 0 Å². The molecule has 0 aliphatic heterocycles. The minimum Gasteiger partial charge on any atom is -0.303 e. The van der Waals surface area contributed by atoms with Crippen molar-refractivity contribution in [2.45, 2.75) is 24.2 Å². The molecule has 8 heteroatoms. The van der Waals surface area contributed by atoms with Crippen LogP contribution in [0, 0.1) is 23.0 Å². The lowest BCUT2D eigenvalue weighted by molar-refractivity contribution is -0.484. The molecule has 0 spiro atoms. The summed E-state index contributed by atoms with van der Waals surface area (Å²) in [6, 6.07) is 22.7. The SMILES string of the molecule is Cc1ccc(S(=O)(=O)n2cc([C@H](C[N+](=O)[O-])[C@@H](C=O)Cc3ccccc3)c3ccccc32)cc1. The van der Waals surface area contributed by atoms with Crippen molar-refractivity contribution >= 4 is 27.2 Å². The van der Waals surface area contributed by atoms with Gasteiger partial charge < -0.3 is 4.79 Å². The van der Waals surface area contributed by atoms with E-state index < -0.39 is 33.3 Å². The molecule has 0 saturated heterocycles. The topological polar surface area (TPSA) is 99.3 Å². The summed E-state index contributed by atoms with van der Waals surface area (Å²) in [6.07, 6.45) is 2.49. The normalized spacial score (nSPS) is 13.4. The van der Waals surface area contributed by atoms with Crippen LogP contribution in [0.4, 0.5) is 0 Å². The van der Waals surface area contributed by atoms with Crippen molar-refractivity contribution < 1.29 is 18.1 Å².